The quantitative estimate of drug-likeness (QED) is 0.525. The average Bonchev–Trinajstić information content (AvgIpc) is 2.54. The first-order chi connectivity index (χ1) is 11.0. The third-order valence-electron chi connectivity index (χ3n) is 4.61. The van der Waals surface area contributed by atoms with Gasteiger partial charge in [0.15, 0.2) is 6.04 Å². The summed E-state index contributed by atoms with van der Waals surface area (Å²) in [4.78, 5) is 26.1. The van der Waals surface area contributed by atoms with E-state index < -0.39 is 6.03 Å². The van der Waals surface area contributed by atoms with Crippen LogP contribution in [0.1, 0.15) is 18.1 Å². The van der Waals surface area contributed by atoms with Crippen molar-refractivity contribution >= 4 is 11.9 Å². The van der Waals surface area contributed by atoms with Gasteiger partial charge in [-0.1, -0.05) is 29.8 Å². The fourth-order valence-electron chi connectivity index (χ4n) is 3.11. The number of imide groups is 1. The van der Waals surface area contributed by atoms with Crippen molar-refractivity contribution < 1.29 is 19.4 Å². The molecule has 0 unspecified atom stereocenters. The van der Waals surface area contributed by atoms with Gasteiger partial charge >= 0.3 is 6.03 Å². The Hall–Kier alpha value is -1.92. The molecule has 3 amide bonds. The van der Waals surface area contributed by atoms with E-state index >= 15 is 0 Å². The molecule has 0 bridgehead atoms. The summed E-state index contributed by atoms with van der Waals surface area (Å²) in [6.07, 6.45) is 0. The van der Waals surface area contributed by atoms with Crippen LogP contribution >= 0.6 is 0 Å². The average molecular weight is 320 g/mol. The zero-order valence-electron chi connectivity index (χ0n) is 14.2. The lowest BCUT2D eigenvalue weighted by Crippen LogP contribution is -3.29. The number of quaternary nitrogens is 2. The highest BCUT2D eigenvalue weighted by Crippen LogP contribution is 2.01. The molecule has 126 valence electrons. The smallest absolute Gasteiger partial charge is 0.321 e. The minimum atomic E-state index is -0.440. The molecule has 6 nitrogen and oxygen atoms in total. The fraction of sp³-hybridized carbons (Fsp3) is 0.529. The van der Waals surface area contributed by atoms with Gasteiger partial charge in [-0.2, -0.15) is 0 Å². The number of rotatable bonds is 4. The van der Waals surface area contributed by atoms with Crippen molar-refractivity contribution in [1.29, 1.82) is 0 Å². The van der Waals surface area contributed by atoms with Gasteiger partial charge in [-0.25, -0.2) is 4.79 Å². The molecule has 23 heavy (non-hydrogen) atoms. The predicted octanol–water partition coefficient (Wildman–Crippen LogP) is -1.88. The van der Waals surface area contributed by atoms with Crippen molar-refractivity contribution in [2.75, 3.05) is 33.2 Å². The SMILES string of the molecule is CNC(=O)NC(=O)[C@H](C)[NH+]1CC[NH+](Cc2cccc(C)c2)CC1. The molecule has 1 fully saturated rings. The zero-order chi connectivity index (χ0) is 16.8. The normalized spacial score (nSPS) is 22.2. The summed E-state index contributed by atoms with van der Waals surface area (Å²) in [5.74, 6) is -0.207. The lowest BCUT2D eigenvalue weighted by Gasteiger charge is -2.32. The van der Waals surface area contributed by atoms with E-state index in [-0.39, 0.29) is 11.9 Å². The largest absolute Gasteiger partial charge is 0.341 e. The van der Waals surface area contributed by atoms with Gasteiger partial charge < -0.3 is 15.1 Å². The minimum Gasteiger partial charge on any atom is -0.341 e. The van der Waals surface area contributed by atoms with E-state index in [0.717, 1.165) is 32.7 Å². The Bertz CT molecular complexity index is 553. The minimum absolute atomic E-state index is 0.201. The van der Waals surface area contributed by atoms with E-state index in [4.69, 9.17) is 0 Å². The molecule has 0 saturated carbocycles. The number of nitrogens with one attached hydrogen (secondary N) is 4. The van der Waals surface area contributed by atoms with Gasteiger partial charge in [-0.3, -0.25) is 10.1 Å². The number of benzene rings is 1. The Balaban J connectivity index is 1.81. The van der Waals surface area contributed by atoms with E-state index in [2.05, 4.69) is 41.8 Å². The molecule has 0 radical (unpaired) electrons. The molecule has 1 aliphatic heterocycles. The maximum atomic E-state index is 12.0. The third-order valence-corrected chi connectivity index (χ3v) is 4.61. The van der Waals surface area contributed by atoms with Gasteiger partial charge in [0.2, 0.25) is 0 Å². The first-order valence-corrected chi connectivity index (χ1v) is 8.26. The Kier molecular flexibility index (Phi) is 6.12. The fourth-order valence-corrected chi connectivity index (χ4v) is 3.11. The highest BCUT2D eigenvalue weighted by atomic mass is 16.2. The number of aryl methyl sites for hydroxylation is 1. The van der Waals surface area contributed by atoms with Crippen LogP contribution in [0.4, 0.5) is 4.79 Å². The summed E-state index contributed by atoms with van der Waals surface area (Å²) < 4.78 is 0. The van der Waals surface area contributed by atoms with E-state index in [1.54, 1.807) is 4.90 Å². The van der Waals surface area contributed by atoms with Crippen molar-refractivity contribution in [3.63, 3.8) is 0 Å². The summed E-state index contributed by atoms with van der Waals surface area (Å²) in [5, 5.41) is 4.78. The lowest BCUT2D eigenvalue weighted by atomic mass is 10.1. The van der Waals surface area contributed by atoms with E-state index in [1.807, 2.05) is 6.92 Å². The molecular weight excluding hydrogens is 292 g/mol. The first-order valence-electron chi connectivity index (χ1n) is 8.26. The number of carbonyl (C=O) groups excluding carboxylic acids is 2. The number of hydrogen-bond acceptors (Lipinski definition) is 2. The number of hydrogen-bond donors (Lipinski definition) is 4. The highest BCUT2D eigenvalue weighted by Gasteiger charge is 2.31. The molecule has 0 aromatic heterocycles. The van der Waals surface area contributed by atoms with Gasteiger partial charge in [-0.05, 0) is 13.8 Å². The van der Waals surface area contributed by atoms with Crippen molar-refractivity contribution in [1.82, 2.24) is 10.6 Å². The highest BCUT2D eigenvalue weighted by molar-refractivity contribution is 5.96. The monoisotopic (exact) mass is 320 g/mol. The van der Waals surface area contributed by atoms with Crippen molar-refractivity contribution in [3.05, 3.63) is 35.4 Å². The molecule has 1 aliphatic rings. The van der Waals surface area contributed by atoms with Crippen LogP contribution in [0.3, 0.4) is 0 Å². The third kappa shape index (κ3) is 5.04. The number of carbonyl (C=O) groups is 2. The van der Waals surface area contributed by atoms with Crippen LogP contribution in [0.15, 0.2) is 24.3 Å². The zero-order valence-corrected chi connectivity index (χ0v) is 14.2. The summed E-state index contributed by atoms with van der Waals surface area (Å²) >= 11 is 0. The van der Waals surface area contributed by atoms with Crippen LogP contribution in [0, 0.1) is 6.92 Å². The second-order valence-corrected chi connectivity index (χ2v) is 6.36. The number of piperazine rings is 1. The van der Waals surface area contributed by atoms with Crippen LogP contribution in [0.2, 0.25) is 0 Å². The summed E-state index contributed by atoms with van der Waals surface area (Å²) in [6.45, 7) is 9.02. The Morgan fingerprint density at radius 2 is 1.91 bits per heavy atom. The van der Waals surface area contributed by atoms with Crippen molar-refractivity contribution in [3.8, 4) is 0 Å². The number of amides is 3. The van der Waals surface area contributed by atoms with Gasteiger partial charge in [0.25, 0.3) is 5.91 Å². The standard InChI is InChI=1S/C17H26N4O2/c1-13-5-4-6-15(11-13)12-20-7-9-21(10-8-20)14(2)16(22)19-17(23)18-3/h4-6,11,14H,7-10,12H2,1-3H3,(H2,18,19,22,23)/p+2/t14-/m0/s1. The molecule has 0 aliphatic carbocycles. The van der Waals surface area contributed by atoms with Gasteiger partial charge in [-0.15, -0.1) is 0 Å². The molecule has 2 rings (SSSR count). The van der Waals surface area contributed by atoms with E-state index in [1.165, 1.54) is 23.1 Å². The van der Waals surface area contributed by atoms with Gasteiger partial charge in [0.05, 0.1) is 0 Å². The molecule has 1 atom stereocenters. The molecule has 1 aromatic rings. The summed E-state index contributed by atoms with van der Waals surface area (Å²) in [5.41, 5.74) is 2.67. The molecule has 1 saturated heterocycles. The molecular formula is C17H28N4O2+2. The van der Waals surface area contributed by atoms with Crippen LogP contribution in [0.25, 0.3) is 0 Å². The van der Waals surface area contributed by atoms with E-state index in [9.17, 15) is 9.59 Å². The lowest BCUT2D eigenvalue weighted by molar-refractivity contribution is -1.02. The van der Waals surface area contributed by atoms with E-state index in [0.29, 0.717) is 0 Å². The second kappa shape index (κ2) is 8.08. The summed E-state index contributed by atoms with van der Waals surface area (Å²) in [7, 11) is 1.51. The molecule has 1 heterocycles. The topological polar surface area (TPSA) is 67.1 Å². The van der Waals surface area contributed by atoms with Gasteiger partial charge in [0.1, 0.15) is 32.7 Å². The van der Waals surface area contributed by atoms with Crippen LogP contribution in [-0.2, 0) is 11.3 Å². The summed E-state index contributed by atoms with van der Waals surface area (Å²) in [6, 6.07) is 8.01. The number of urea groups is 1. The Morgan fingerprint density at radius 3 is 2.52 bits per heavy atom. The molecule has 1 aromatic carbocycles. The maximum absolute atomic E-state index is 12.0. The first kappa shape index (κ1) is 17.4. The van der Waals surface area contributed by atoms with Crippen LogP contribution < -0.4 is 20.4 Å². The Labute approximate surface area is 137 Å². The predicted molar refractivity (Wildman–Crippen MR) is 88.3 cm³/mol. The molecule has 0 spiro atoms. The van der Waals surface area contributed by atoms with Crippen LogP contribution in [0.5, 0.6) is 0 Å². The Morgan fingerprint density at radius 1 is 1.22 bits per heavy atom. The van der Waals surface area contributed by atoms with Crippen molar-refractivity contribution in [2.45, 2.75) is 26.4 Å². The van der Waals surface area contributed by atoms with Crippen LogP contribution in [-0.4, -0.2) is 51.2 Å². The maximum Gasteiger partial charge on any atom is 0.321 e. The van der Waals surface area contributed by atoms with Crippen molar-refractivity contribution in [2.24, 2.45) is 0 Å². The molecule has 6 heteroatoms. The molecule has 4 N–H and O–H groups in total. The van der Waals surface area contributed by atoms with Gasteiger partial charge in [0, 0.05) is 12.6 Å². The second-order valence-electron chi connectivity index (χ2n) is 6.36.